The minimum absolute atomic E-state index is 0.0728. The molecule has 0 saturated heterocycles. The Morgan fingerprint density at radius 1 is 1.19 bits per heavy atom. The van der Waals surface area contributed by atoms with Crippen LogP contribution in [0.1, 0.15) is 51.0 Å². The highest BCUT2D eigenvalue weighted by Crippen LogP contribution is 2.61. The maximum absolute atomic E-state index is 12.6. The van der Waals surface area contributed by atoms with Crippen LogP contribution < -0.4 is 10.1 Å². The van der Waals surface area contributed by atoms with Crippen LogP contribution in [0.5, 0.6) is 5.75 Å². The van der Waals surface area contributed by atoms with Crippen LogP contribution in [0.25, 0.3) is 6.08 Å². The smallest absolute Gasteiger partial charge is 0.244 e. The van der Waals surface area contributed by atoms with E-state index in [4.69, 9.17) is 27.9 Å². The Kier molecular flexibility index (Phi) is 5.20. The van der Waals surface area contributed by atoms with Crippen LogP contribution in [0.4, 0.5) is 0 Å². The lowest BCUT2D eigenvalue weighted by molar-refractivity contribution is -0.121. The summed E-state index contributed by atoms with van der Waals surface area (Å²) >= 11 is 12.2. The molecule has 4 aliphatic carbocycles. The van der Waals surface area contributed by atoms with Crippen LogP contribution in [0, 0.1) is 23.2 Å². The molecular formula is C22H27Cl2NO2. The molecule has 5 rings (SSSR count). The molecule has 0 radical (unpaired) electrons. The van der Waals surface area contributed by atoms with E-state index in [1.54, 1.807) is 31.4 Å². The number of hydrogen-bond acceptors (Lipinski definition) is 2. The van der Waals surface area contributed by atoms with Crippen LogP contribution in [0.15, 0.2) is 18.2 Å². The van der Waals surface area contributed by atoms with Crippen molar-refractivity contribution in [3.8, 4) is 5.75 Å². The molecule has 4 bridgehead atoms. The van der Waals surface area contributed by atoms with Gasteiger partial charge in [0.2, 0.25) is 5.91 Å². The minimum Gasteiger partial charge on any atom is -0.495 e. The van der Waals surface area contributed by atoms with E-state index >= 15 is 0 Å². The number of methoxy groups -OCH3 is 1. The zero-order valence-electron chi connectivity index (χ0n) is 15.9. The molecule has 1 atom stereocenters. The Morgan fingerprint density at radius 2 is 1.78 bits per heavy atom. The van der Waals surface area contributed by atoms with Gasteiger partial charge in [-0.25, -0.2) is 0 Å². The van der Waals surface area contributed by atoms with Crippen LogP contribution in [0.2, 0.25) is 10.0 Å². The van der Waals surface area contributed by atoms with Crippen molar-refractivity contribution in [1.29, 1.82) is 0 Å². The molecule has 0 heterocycles. The number of carbonyl (C=O) groups excluding carboxylic acids is 1. The number of rotatable bonds is 5. The zero-order valence-corrected chi connectivity index (χ0v) is 17.4. The van der Waals surface area contributed by atoms with Crippen molar-refractivity contribution in [3.63, 3.8) is 0 Å². The normalized spacial score (nSPS) is 32.7. The topological polar surface area (TPSA) is 38.3 Å². The number of hydrogen-bond donors (Lipinski definition) is 1. The first kappa shape index (κ1) is 19.1. The second-order valence-corrected chi connectivity index (χ2v) is 9.70. The SMILES string of the molecule is COc1c(Cl)cc(Cl)cc1C=CC(=O)NC(C)C12CC3CC(CC(C3)C1)C2. The number of ether oxygens (including phenoxy) is 1. The number of carbonyl (C=O) groups is 1. The molecule has 4 fully saturated rings. The van der Waals surface area contributed by atoms with Crippen LogP contribution in [-0.4, -0.2) is 19.1 Å². The third-order valence-electron chi connectivity index (χ3n) is 7.02. The van der Waals surface area contributed by atoms with Gasteiger partial charge in [-0.3, -0.25) is 4.79 Å². The van der Waals surface area contributed by atoms with Crippen molar-refractivity contribution in [2.24, 2.45) is 23.2 Å². The molecule has 1 aromatic rings. The minimum atomic E-state index is -0.0728. The van der Waals surface area contributed by atoms with Crippen LogP contribution in [0.3, 0.4) is 0 Å². The first-order valence-electron chi connectivity index (χ1n) is 9.90. The van der Waals surface area contributed by atoms with E-state index in [0.29, 0.717) is 26.8 Å². The highest BCUT2D eigenvalue weighted by atomic mass is 35.5. The van der Waals surface area contributed by atoms with E-state index in [9.17, 15) is 4.79 Å². The van der Waals surface area contributed by atoms with Gasteiger partial charge in [0.15, 0.2) is 0 Å². The summed E-state index contributed by atoms with van der Waals surface area (Å²) in [5.74, 6) is 3.09. The number of nitrogens with one attached hydrogen (secondary N) is 1. The van der Waals surface area contributed by atoms with Crippen molar-refractivity contribution < 1.29 is 9.53 Å². The van der Waals surface area contributed by atoms with Crippen LogP contribution >= 0.6 is 23.2 Å². The third kappa shape index (κ3) is 3.73. The first-order chi connectivity index (χ1) is 12.9. The Bertz CT molecular complexity index is 739. The Hall–Kier alpha value is -1.19. The Balaban J connectivity index is 1.45. The molecule has 146 valence electrons. The van der Waals surface area contributed by atoms with E-state index in [2.05, 4.69) is 12.2 Å². The van der Waals surface area contributed by atoms with Gasteiger partial charge < -0.3 is 10.1 Å². The van der Waals surface area contributed by atoms with E-state index in [0.717, 1.165) is 17.8 Å². The lowest BCUT2D eigenvalue weighted by Gasteiger charge is -2.59. The summed E-state index contributed by atoms with van der Waals surface area (Å²) in [5, 5.41) is 4.19. The molecule has 4 aliphatic rings. The van der Waals surface area contributed by atoms with E-state index in [1.807, 2.05) is 0 Å². The highest BCUT2D eigenvalue weighted by molar-refractivity contribution is 6.36. The predicted octanol–water partition coefficient (Wildman–Crippen LogP) is 5.74. The molecule has 3 nitrogen and oxygen atoms in total. The molecule has 1 aromatic carbocycles. The van der Waals surface area contributed by atoms with Crippen molar-refractivity contribution in [1.82, 2.24) is 5.32 Å². The quantitative estimate of drug-likeness (QED) is 0.632. The van der Waals surface area contributed by atoms with Gasteiger partial charge in [0.05, 0.1) is 12.1 Å². The summed E-state index contributed by atoms with van der Waals surface area (Å²) in [6.45, 7) is 2.19. The lowest BCUT2D eigenvalue weighted by Crippen LogP contribution is -2.55. The van der Waals surface area contributed by atoms with E-state index in [1.165, 1.54) is 38.5 Å². The Morgan fingerprint density at radius 3 is 2.33 bits per heavy atom. The highest BCUT2D eigenvalue weighted by Gasteiger charge is 2.53. The molecule has 0 spiro atoms. The summed E-state index contributed by atoms with van der Waals surface area (Å²) in [5.41, 5.74) is 1.00. The molecule has 5 heteroatoms. The summed E-state index contributed by atoms with van der Waals surface area (Å²) in [4.78, 5) is 12.6. The largest absolute Gasteiger partial charge is 0.495 e. The molecule has 1 unspecified atom stereocenters. The maximum atomic E-state index is 12.6. The van der Waals surface area contributed by atoms with Gasteiger partial charge in [0, 0.05) is 22.7 Å². The summed E-state index contributed by atoms with van der Waals surface area (Å²) < 4.78 is 5.34. The molecular weight excluding hydrogens is 381 g/mol. The Labute approximate surface area is 171 Å². The van der Waals surface area contributed by atoms with E-state index in [-0.39, 0.29) is 11.9 Å². The number of benzene rings is 1. The van der Waals surface area contributed by atoms with Crippen molar-refractivity contribution >= 4 is 35.2 Å². The fraction of sp³-hybridized carbons (Fsp3) is 0.591. The van der Waals surface area contributed by atoms with Crippen molar-refractivity contribution in [3.05, 3.63) is 33.8 Å². The van der Waals surface area contributed by atoms with Gasteiger partial charge in [-0.05, 0) is 86.8 Å². The second kappa shape index (κ2) is 7.33. The third-order valence-corrected chi connectivity index (χ3v) is 7.52. The second-order valence-electron chi connectivity index (χ2n) is 8.85. The van der Waals surface area contributed by atoms with E-state index < -0.39 is 0 Å². The average molecular weight is 408 g/mol. The maximum Gasteiger partial charge on any atom is 0.244 e. The monoisotopic (exact) mass is 407 g/mol. The van der Waals surface area contributed by atoms with Crippen molar-refractivity contribution in [2.75, 3.05) is 7.11 Å². The summed E-state index contributed by atoms with van der Waals surface area (Å²) in [6.07, 6.45) is 11.4. The molecule has 4 saturated carbocycles. The number of amides is 1. The summed E-state index contributed by atoms with van der Waals surface area (Å²) in [7, 11) is 1.56. The van der Waals surface area contributed by atoms with Gasteiger partial charge in [-0.1, -0.05) is 23.2 Å². The van der Waals surface area contributed by atoms with Gasteiger partial charge in [0.1, 0.15) is 5.75 Å². The fourth-order valence-corrected chi connectivity index (χ4v) is 6.79. The zero-order chi connectivity index (χ0) is 19.2. The first-order valence-corrected chi connectivity index (χ1v) is 10.7. The van der Waals surface area contributed by atoms with Crippen molar-refractivity contribution in [2.45, 2.75) is 51.5 Å². The van der Waals surface area contributed by atoms with Gasteiger partial charge in [-0.15, -0.1) is 0 Å². The standard InChI is InChI=1S/C22H27Cl2NO2/c1-13(22-10-14-5-15(11-22)7-16(6-14)12-22)25-20(26)4-3-17-8-18(23)9-19(24)21(17)27-2/h3-4,8-9,13-16H,5-7,10-12H2,1-2H3,(H,25,26). The predicted molar refractivity (Wildman–Crippen MR) is 110 cm³/mol. The average Bonchev–Trinajstić information content (AvgIpc) is 2.58. The molecule has 0 aliphatic heterocycles. The molecule has 27 heavy (non-hydrogen) atoms. The molecule has 0 aromatic heterocycles. The number of halogens is 2. The summed E-state index contributed by atoms with van der Waals surface area (Å²) in [6, 6.07) is 3.58. The van der Waals surface area contributed by atoms with Gasteiger partial charge in [-0.2, -0.15) is 0 Å². The van der Waals surface area contributed by atoms with Crippen LogP contribution in [-0.2, 0) is 4.79 Å². The lowest BCUT2D eigenvalue weighted by atomic mass is 9.48. The fourth-order valence-electron chi connectivity index (χ4n) is 6.21. The van der Waals surface area contributed by atoms with Gasteiger partial charge >= 0.3 is 0 Å². The molecule has 1 amide bonds. The van der Waals surface area contributed by atoms with Gasteiger partial charge in [0.25, 0.3) is 0 Å². The molecule has 1 N–H and O–H groups in total.